The van der Waals surface area contributed by atoms with Crippen LogP contribution in [0.1, 0.15) is 26.3 Å². The number of hydrogen-bond acceptors (Lipinski definition) is 4. The molecule has 1 N–H and O–H groups in total. The van der Waals surface area contributed by atoms with Gasteiger partial charge in [0.15, 0.2) is 0 Å². The second kappa shape index (κ2) is 11.0. The molecule has 0 fully saturated rings. The number of carbonyl (C=O) groups excluding carboxylic acids is 2. The van der Waals surface area contributed by atoms with E-state index < -0.39 is 10.0 Å². The molecule has 0 aromatic heterocycles. The first kappa shape index (κ1) is 26.6. The largest absolute Gasteiger partial charge is 0.322 e. The van der Waals surface area contributed by atoms with Gasteiger partial charge in [0.2, 0.25) is 10.0 Å². The summed E-state index contributed by atoms with van der Waals surface area (Å²) in [6.07, 6.45) is 1.16. The molecule has 0 atom stereocenters. The lowest BCUT2D eigenvalue weighted by Gasteiger charge is -2.23. The molecule has 0 radical (unpaired) electrons. The van der Waals surface area contributed by atoms with Gasteiger partial charge in [0.25, 0.3) is 11.8 Å². The molecule has 0 spiro atoms. The van der Waals surface area contributed by atoms with Crippen LogP contribution in [0.15, 0.2) is 97.1 Å². The predicted molar refractivity (Wildman–Crippen MR) is 155 cm³/mol. The van der Waals surface area contributed by atoms with Crippen molar-refractivity contribution in [2.45, 2.75) is 6.54 Å². The summed E-state index contributed by atoms with van der Waals surface area (Å²) < 4.78 is 25.8. The average molecular weight is 560 g/mol. The first-order valence-electron chi connectivity index (χ1n) is 12.3. The van der Waals surface area contributed by atoms with Gasteiger partial charge in [-0.15, -0.1) is 0 Å². The number of anilines is 2. The third-order valence-corrected chi connectivity index (χ3v) is 8.19. The van der Waals surface area contributed by atoms with Gasteiger partial charge in [0.1, 0.15) is 0 Å². The lowest BCUT2D eigenvalue weighted by Crippen LogP contribution is -2.37. The number of nitrogens with one attached hydrogen (secondary N) is 1. The zero-order valence-electron chi connectivity index (χ0n) is 21.2. The molecule has 0 bridgehead atoms. The van der Waals surface area contributed by atoms with Gasteiger partial charge in [0.05, 0.1) is 16.8 Å². The van der Waals surface area contributed by atoms with Crippen molar-refractivity contribution in [3.63, 3.8) is 0 Å². The molecule has 1 aliphatic rings. The highest BCUT2D eigenvalue weighted by molar-refractivity contribution is 7.88. The van der Waals surface area contributed by atoms with Gasteiger partial charge in [-0.1, -0.05) is 78.3 Å². The molecule has 198 valence electrons. The summed E-state index contributed by atoms with van der Waals surface area (Å²) in [7, 11) is -3.45. The van der Waals surface area contributed by atoms with Crippen molar-refractivity contribution in [3.8, 4) is 11.1 Å². The maximum absolute atomic E-state index is 13.6. The number of carbonyl (C=O) groups is 2. The molecule has 0 saturated carbocycles. The van der Waals surface area contributed by atoms with Crippen LogP contribution < -0.4 is 10.2 Å². The molecule has 2 amide bonds. The van der Waals surface area contributed by atoms with Crippen LogP contribution in [0.2, 0.25) is 5.02 Å². The molecule has 4 aromatic rings. The van der Waals surface area contributed by atoms with Crippen LogP contribution in [-0.4, -0.2) is 43.9 Å². The Labute approximate surface area is 232 Å². The SMILES string of the molecule is CS(=O)(=O)N1CCN(C(=O)c2ccc(NC(=O)c3ccccc3-c3ccccc3)cc2Cl)c2ccccc2C1. The summed E-state index contributed by atoms with van der Waals surface area (Å²) in [6.45, 7) is 0.516. The Bertz CT molecular complexity index is 1660. The van der Waals surface area contributed by atoms with Crippen LogP contribution in [0.25, 0.3) is 11.1 Å². The maximum Gasteiger partial charge on any atom is 0.259 e. The van der Waals surface area contributed by atoms with Crippen LogP contribution >= 0.6 is 11.6 Å². The highest BCUT2D eigenvalue weighted by Gasteiger charge is 2.29. The summed E-state index contributed by atoms with van der Waals surface area (Å²) in [5.41, 5.74) is 4.30. The van der Waals surface area contributed by atoms with E-state index in [-0.39, 0.29) is 42.0 Å². The van der Waals surface area contributed by atoms with Gasteiger partial charge in [-0.2, -0.15) is 4.31 Å². The Morgan fingerprint density at radius 2 is 1.51 bits per heavy atom. The Morgan fingerprint density at radius 3 is 2.26 bits per heavy atom. The highest BCUT2D eigenvalue weighted by atomic mass is 35.5. The van der Waals surface area contributed by atoms with Crippen molar-refractivity contribution < 1.29 is 18.0 Å². The Morgan fingerprint density at radius 1 is 0.821 bits per heavy atom. The second-order valence-electron chi connectivity index (χ2n) is 9.24. The van der Waals surface area contributed by atoms with E-state index in [1.807, 2.05) is 60.7 Å². The minimum Gasteiger partial charge on any atom is -0.322 e. The number of para-hydroxylation sites is 1. The van der Waals surface area contributed by atoms with E-state index in [0.717, 1.165) is 22.9 Å². The third-order valence-electron chi connectivity index (χ3n) is 6.63. The Kier molecular flexibility index (Phi) is 7.52. The normalized spacial score (nSPS) is 13.8. The van der Waals surface area contributed by atoms with Crippen molar-refractivity contribution in [2.24, 2.45) is 0 Å². The number of fused-ring (bicyclic) bond motifs is 1. The zero-order chi connectivity index (χ0) is 27.6. The number of hydrogen-bond donors (Lipinski definition) is 1. The van der Waals surface area contributed by atoms with E-state index in [1.54, 1.807) is 41.3 Å². The number of amides is 2. The molecule has 5 rings (SSSR count). The second-order valence-corrected chi connectivity index (χ2v) is 11.6. The summed E-state index contributed by atoms with van der Waals surface area (Å²) >= 11 is 6.56. The lowest BCUT2D eigenvalue weighted by molar-refractivity contribution is 0.0985. The molecule has 9 heteroatoms. The summed E-state index contributed by atoms with van der Waals surface area (Å²) in [6, 6.07) is 29.0. The van der Waals surface area contributed by atoms with Crippen molar-refractivity contribution in [1.29, 1.82) is 0 Å². The summed E-state index contributed by atoms with van der Waals surface area (Å²) in [5, 5.41) is 3.06. The van der Waals surface area contributed by atoms with E-state index in [4.69, 9.17) is 11.6 Å². The van der Waals surface area contributed by atoms with E-state index >= 15 is 0 Å². The van der Waals surface area contributed by atoms with E-state index in [0.29, 0.717) is 16.9 Å². The number of benzene rings is 4. The molecule has 7 nitrogen and oxygen atoms in total. The maximum atomic E-state index is 13.6. The Balaban J connectivity index is 1.39. The monoisotopic (exact) mass is 559 g/mol. The molecule has 1 heterocycles. The van der Waals surface area contributed by atoms with Crippen molar-refractivity contribution in [2.75, 3.05) is 29.6 Å². The molecule has 0 aliphatic carbocycles. The molecule has 0 unspecified atom stereocenters. The van der Waals surface area contributed by atoms with E-state index in [2.05, 4.69) is 5.32 Å². The molecular weight excluding hydrogens is 534 g/mol. The number of nitrogens with zero attached hydrogens (tertiary/aromatic N) is 2. The smallest absolute Gasteiger partial charge is 0.259 e. The zero-order valence-corrected chi connectivity index (χ0v) is 22.7. The van der Waals surface area contributed by atoms with Gasteiger partial charge < -0.3 is 10.2 Å². The minimum atomic E-state index is -3.45. The Hall–Kier alpha value is -3.98. The first-order valence-corrected chi connectivity index (χ1v) is 14.6. The van der Waals surface area contributed by atoms with Crippen molar-refractivity contribution >= 4 is 44.8 Å². The van der Waals surface area contributed by atoms with Gasteiger partial charge in [-0.3, -0.25) is 9.59 Å². The molecule has 1 aliphatic heterocycles. The van der Waals surface area contributed by atoms with Gasteiger partial charge in [-0.25, -0.2) is 8.42 Å². The summed E-state index contributed by atoms with van der Waals surface area (Å²) in [4.78, 5) is 28.4. The molecule has 39 heavy (non-hydrogen) atoms. The fourth-order valence-electron chi connectivity index (χ4n) is 4.66. The molecule has 0 saturated heterocycles. The standard InChI is InChI=1S/C30H26ClN3O4S/c1-39(37,38)33-17-18-34(28-14-8-5-11-22(28)20-33)30(36)26-16-15-23(19-27(26)31)32-29(35)25-13-7-6-12-24(25)21-9-3-2-4-10-21/h2-16,19H,17-18,20H2,1H3,(H,32,35). The summed E-state index contributed by atoms with van der Waals surface area (Å²) in [5.74, 6) is -0.651. The van der Waals surface area contributed by atoms with Crippen LogP contribution in [0.3, 0.4) is 0 Å². The van der Waals surface area contributed by atoms with Crippen LogP contribution in [0.5, 0.6) is 0 Å². The van der Waals surface area contributed by atoms with Gasteiger partial charge in [0, 0.05) is 36.6 Å². The average Bonchev–Trinajstić information content (AvgIpc) is 3.13. The van der Waals surface area contributed by atoms with Crippen molar-refractivity contribution in [3.05, 3.63) is 119 Å². The fourth-order valence-corrected chi connectivity index (χ4v) is 5.71. The first-order chi connectivity index (χ1) is 18.7. The number of rotatable bonds is 5. The van der Waals surface area contributed by atoms with Gasteiger partial charge >= 0.3 is 0 Å². The van der Waals surface area contributed by atoms with Gasteiger partial charge in [-0.05, 0) is 47.0 Å². The fraction of sp³-hybridized carbons (Fsp3) is 0.133. The molecule has 4 aromatic carbocycles. The lowest BCUT2D eigenvalue weighted by atomic mass is 9.99. The van der Waals surface area contributed by atoms with Crippen LogP contribution in [-0.2, 0) is 16.6 Å². The number of sulfonamides is 1. The van der Waals surface area contributed by atoms with Crippen molar-refractivity contribution in [1.82, 2.24) is 4.31 Å². The van der Waals surface area contributed by atoms with E-state index in [1.165, 1.54) is 4.31 Å². The van der Waals surface area contributed by atoms with Crippen LogP contribution in [0.4, 0.5) is 11.4 Å². The van der Waals surface area contributed by atoms with E-state index in [9.17, 15) is 18.0 Å². The molecular formula is C30H26ClN3O4S. The highest BCUT2D eigenvalue weighted by Crippen LogP contribution is 2.30. The quantitative estimate of drug-likeness (QED) is 0.341. The third kappa shape index (κ3) is 5.73. The number of halogens is 1. The predicted octanol–water partition coefficient (Wildman–Crippen LogP) is 5.68. The van der Waals surface area contributed by atoms with Crippen LogP contribution in [0, 0.1) is 0 Å². The minimum absolute atomic E-state index is 0.159. The topological polar surface area (TPSA) is 86.8 Å².